The minimum atomic E-state index is -0.681. The molecule has 1 aliphatic rings. The second kappa shape index (κ2) is 7.57. The van der Waals surface area contributed by atoms with Crippen LogP contribution in [-0.4, -0.2) is 43.5 Å². The van der Waals surface area contributed by atoms with Gasteiger partial charge in [-0.15, -0.1) is 0 Å². The van der Waals surface area contributed by atoms with Gasteiger partial charge in [0.1, 0.15) is 17.5 Å². The van der Waals surface area contributed by atoms with Crippen molar-refractivity contribution in [2.45, 2.75) is 0 Å². The number of amides is 1. The van der Waals surface area contributed by atoms with Gasteiger partial charge in [-0.25, -0.2) is 13.2 Å². The van der Waals surface area contributed by atoms with Crippen LogP contribution in [0.3, 0.4) is 0 Å². The van der Waals surface area contributed by atoms with Crippen LogP contribution in [0.5, 0.6) is 0 Å². The molecule has 1 heterocycles. The van der Waals surface area contributed by atoms with Crippen LogP contribution < -0.4 is 10.2 Å². The molecule has 2 aromatic carbocycles. The molecule has 0 aliphatic carbocycles. The van der Waals surface area contributed by atoms with E-state index >= 15 is 0 Å². The quantitative estimate of drug-likeness (QED) is 0.922. The van der Waals surface area contributed by atoms with Gasteiger partial charge in [-0.1, -0.05) is 12.1 Å². The second-order valence-corrected chi connectivity index (χ2v) is 5.89. The predicted molar refractivity (Wildman–Crippen MR) is 90.0 cm³/mol. The van der Waals surface area contributed by atoms with Crippen LogP contribution in [-0.2, 0) is 4.79 Å². The Kier molecular flexibility index (Phi) is 5.23. The lowest BCUT2D eigenvalue weighted by Crippen LogP contribution is -2.49. The standard InChI is InChI=1S/C18H18F3N3O/c19-13-5-6-14(20)16(11-13)22-18(25)12-23-7-9-24(10-8-23)17-4-2-1-3-15(17)21/h1-6,11H,7-10,12H2,(H,22,25). The fourth-order valence-corrected chi connectivity index (χ4v) is 2.84. The van der Waals surface area contributed by atoms with Crippen LogP contribution in [0.4, 0.5) is 24.5 Å². The van der Waals surface area contributed by atoms with E-state index in [0.29, 0.717) is 31.9 Å². The van der Waals surface area contributed by atoms with E-state index in [0.717, 1.165) is 18.2 Å². The summed E-state index contributed by atoms with van der Waals surface area (Å²) in [5.74, 6) is -1.98. The summed E-state index contributed by atoms with van der Waals surface area (Å²) in [7, 11) is 0. The number of rotatable bonds is 4. The summed E-state index contributed by atoms with van der Waals surface area (Å²) in [5, 5.41) is 2.38. The molecule has 0 atom stereocenters. The summed E-state index contributed by atoms with van der Waals surface area (Å²) in [6.45, 7) is 2.40. The van der Waals surface area contributed by atoms with Crippen molar-refractivity contribution in [3.05, 3.63) is 59.9 Å². The molecular weight excluding hydrogens is 331 g/mol. The van der Waals surface area contributed by atoms with Crippen molar-refractivity contribution in [3.63, 3.8) is 0 Å². The van der Waals surface area contributed by atoms with Crippen LogP contribution in [0, 0.1) is 17.5 Å². The maximum absolute atomic E-state index is 13.8. The molecule has 1 fully saturated rings. The summed E-state index contributed by atoms with van der Waals surface area (Å²) in [6.07, 6.45) is 0. The number of nitrogens with zero attached hydrogens (tertiary/aromatic N) is 2. The Bertz CT molecular complexity index is 761. The molecule has 1 amide bonds. The zero-order valence-electron chi connectivity index (χ0n) is 13.5. The topological polar surface area (TPSA) is 35.6 Å². The minimum Gasteiger partial charge on any atom is -0.367 e. The molecule has 1 aliphatic heterocycles. The maximum Gasteiger partial charge on any atom is 0.238 e. The van der Waals surface area contributed by atoms with E-state index in [4.69, 9.17) is 0 Å². The molecule has 4 nitrogen and oxygen atoms in total. The number of benzene rings is 2. The Labute approximate surface area is 143 Å². The third kappa shape index (κ3) is 4.30. The molecule has 0 spiro atoms. The average molecular weight is 349 g/mol. The van der Waals surface area contributed by atoms with E-state index in [1.807, 2.05) is 9.80 Å². The molecule has 0 unspecified atom stereocenters. The Balaban J connectivity index is 1.53. The Morgan fingerprint density at radius 1 is 0.960 bits per heavy atom. The third-order valence-electron chi connectivity index (χ3n) is 4.14. The van der Waals surface area contributed by atoms with Crippen molar-refractivity contribution in [1.29, 1.82) is 0 Å². The van der Waals surface area contributed by atoms with Crippen molar-refractivity contribution in [2.75, 3.05) is 42.9 Å². The Morgan fingerprint density at radius 3 is 2.40 bits per heavy atom. The number of nitrogens with one attached hydrogen (secondary N) is 1. The fourth-order valence-electron chi connectivity index (χ4n) is 2.84. The first-order valence-corrected chi connectivity index (χ1v) is 7.99. The van der Waals surface area contributed by atoms with Gasteiger partial charge in [-0.3, -0.25) is 9.69 Å². The normalized spacial score (nSPS) is 15.2. The number of anilines is 2. The third-order valence-corrected chi connectivity index (χ3v) is 4.14. The molecule has 1 saturated heterocycles. The average Bonchev–Trinajstić information content (AvgIpc) is 2.59. The summed E-state index contributed by atoms with van der Waals surface area (Å²) in [5.41, 5.74) is 0.378. The second-order valence-electron chi connectivity index (χ2n) is 5.89. The Morgan fingerprint density at radius 2 is 1.68 bits per heavy atom. The van der Waals surface area contributed by atoms with Gasteiger partial charge in [0, 0.05) is 32.2 Å². The molecule has 25 heavy (non-hydrogen) atoms. The lowest BCUT2D eigenvalue weighted by Gasteiger charge is -2.35. The van der Waals surface area contributed by atoms with Crippen molar-refractivity contribution >= 4 is 17.3 Å². The molecule has 0 aromatic heterocycles. The molecule has 132 valence electrons. The Hall–Kier alpha value is -2.54. The fraction of sp³-hybridized carbons (Fsp3) is 0.278. The van der Waals surface area contributed by atoms with Crippen molar-refractivity contribution in [3.8, 4) is 0 Å². The van der Waals surface area contributed by atoms with Crippen LogP contribution >= 0.6 is 0 Å². The summed E-state index contributed by atoms with van der Waals surface area (Å²) < 4.78 is 40.5. The van der Waals surface area contributed by atoms with E-state index in [2.05, 4.69) is 5.32 Å². The summed E-state index contributed by atoms with van der Waals surface area (Å²) >= 11 is 0. The number of hydrogen-bond donors (Lipinski definition) is 1. The highest BCUT2D eigenvalue weighted by Gasteiger charge is 2.21. The molecule has 7 heteroatoms. The van der Waals surface area contributed by atoms with E-state index < -0.39 is 17.5 Å². The van der Waals surface area contributed by atoms with Gasteiger partial charge in [0.2, 0.25) is 5.91 Å². The molecule has 0 radical (unpaired) electrons. The monoisotopic (exact) mass is 349 g/mol. The van der Waals surface area contributed by atoms with Crippen molar-refractivity contribution < 1.29 is 18.0 Å². The van der Waals surface area contributed by atoms with E-state index in [1.54, 1.807) is 18.2 Å². The first kappa shape index (κ1) is 17.3. The highest BCUT2D eigenvalue weighted by Crippen LogP contribution is 2.20. The van der Waals surface area contributed by atoms with Gasteiger partial charge in [0.25, 0.3) is 0 Å². The summed E-state index contributed by atoms with van der Waals surface area (Å²) in [6, 6.07) is 9.48. The zero-order valence-corrected chi connectivity index (χ0v) is 13.5. The SMILES string of the molecule is O=C(CN1CCN(c2ccccc2F)CC1)Nc1cc(F)ccc1F. The highest BCUT2D eigenvalue weighted by atomic mass is 19.1. The lowest BCUT2D eigenvalue weighted by atomic mass is 10.2. The van der Waals surface area contributed by atoms with Crippen LogP contribution in [0.1, 0.15) is 0 Å². The number of halogens is 3. The van der Waals surface area contributed by atoms with E-state index in [1.165, 1.54) is 6.07 Å². The van der Waals surface area contributed by atoms with Crippen LogP contribution in [0.2, 0.25) is 0 Å². The maximum atomic E-state index is 13.8. The number of hydrogen-bond acceptors (Lipinski definition) is 3. The van der Waals surface area contributed by atoms with Crippen molar-refractivity contribution in [2.24, 2.45) is 0 Å². The molecule has 3 rings (SSSR count). The largest absolute Gasteiger partial charge is 0.367 e. The van der Waals surface area contributed by atoms with Crippen LogP contribution in [0.25, 0.3) is 0 Å². The van der Waals surface area contributed by atoms with Gasteiger partial charge < -0.3 is 10.2 Å². The van der Waals surface area contributed by atoms with E-state index in [-0.39, 0.29) is 18.0 Å². The highest BCUT2D eigenvalue weighted by molar-refractivity contribution is 5.92. The van der Waals surface area contributed by atoms with E-state index in [9.17, 15) is 18.0 Å². The summed E-state index contributed by atoms with van der Waals surface area (Å²) in [4.78, 5) is 15.9. The number of carbonyl (C=O) groups is 1. The predicted octanol–water partition coefficient (Wildman–Crippen LogP) is 2.86. The smallest absolute Gasteiger partial charge is 0.238 e. The number of carbonyl (C=O) groups excluding carboxylic acids is 1. The molecular formula is C18H18F3N3O. The lowest BCUT2D eigenvalue weighted by molar-refractivity contribution is -0.117. The van der Waals surface area contributed by atoms with Gasteiger partial charge in [0.15, 0.2) is 0 Å². The van der Waals surface area contributed by atoms with Crippen molar-refractivity contribution in [1.82, 2.24) is 4.90 Å². The van der Waals surface area contributed by atoms with Crippen LogP contribution in [0.15, 0.2) is 42.5 Å². The zero-order chi connectivity index (χ0) is 17.8. The number of para-hydroxylation sites is 1. The first-order chi connectivity index (χ1) is 12.0. The molecule has 0 bridgehead atoms. The molecule has 1 N–H and O–H groups in total. The van der Waals surface area contributed by atoms with Gasteiger partial charge >= 0.3 is 0 Å². The minimum absolute atomic E-state index is 0.0705. The first-order valence-electron chi connectivity index (χ1n) is 7.99. The van der Waals surface area contributed by atoms with Gasteiger partial charge in [-0.05, 0) is 24.3 Å². The molecule has 0 saturated carbocycles. The van der Waals surface area contributed by atoms with Gasteiger partial charge in [0.05, 0.1) is 17.9 Å². The van der Waals surface area contributed by atoms with Gasteiger partial charge in [-0.2, -0.15) is 0 Å². The molecule has 2 aromatic rings. The number of piperazine rings is 1.